The van der Waals surface area contributed by atoms with Gasteiger partial charge in [0.05, 0.1) is 5.56 Å². The van der Waals surface area contributed by atoms with Crippen molar-refractivity contribution in [2.24, 2.45) is 4.99 Å². The largest absolute Gasteiger partial charge is 0.479 e. The molecule has 0 radical (unpaired) electrons. The molecule has 8 nitrogen and oxygen atoms in total. The number of amides is 1. The zero-order valence-corrected chi connectivity index (χ0v) is 15.7. The summed E-state index contributed by atoms with van der Waals surface area (Å²) in [7, 11) is 0. The highest BCUT2D eigenvalue weighted by Crippen LogP contribution is 2.40. The van der Waals surface area contributed by atoms with E-state index < -0.39 is 17.3 Å². The third kappa shape index (κ3) is 3.80. The predicted octanol–water partition coefficient (Wildman–Crippen LogP) is 1.44. The second-order valence-corrected chi connectivity index (χ2v) is 7.10. The van der Waals surface area contributed by atoms with Crippen LogP contribution in [0.25, 0.3) is 0 Å². The number of benzene rings is 1. The highest BCUT2D eigenvalue weighted by molar-refractivity contribution is 5.99. The maximum absolute atomic E-state index is 13.9. The SMILES string of the molecule is O=C(c1ccccc1F)N1CCN(/C(=N/C2(C(=O)O)CC2)c2ncccn2)CC1. The summed E-state index contributed by atoms with van der Waals surface area (Å²) in [6.07, 6.45) is 4.11. The Labute approximate surface area is 166 Å². The van der Waals surface area contributed by atoms with E-state index in [-0.39, 0.29) is 11.5 Å². The number of carboxylic acids is 1. The molecule has 1 saturated heterocycles. The quantitative estimate of drug-likeness (QED) is 0.619. The number of rotatable bonds is 4. The number of carbonyl (C=O) groups is 2. The number of aliphatic carboxylic acids is 1. The van der Waals surface area contributed by atoms with Crippen molar-refractivity contribution in [3.05, 3.63) is 59.9 Å². The van der Waals surface area contributed by atoms with Crippen LogP contribution in [0.4, 0.5) is 4.39 Å². The van der Waals surface area contributed by atoms with Crippen LogP contribution in [0.1, 0.15) is 29.0 Å². The summed E-state index contributed by atoms with van der Waals surface area (Å²) in [5.74, 6) is -1.09. The minimum Gasteiger partial charge on any atom is -0.479 e. The molecule has 4 rings (SSSR count). The molecule has 2 fully saturated rings. The summed E-state index contributed by atoms with van der Waals surface area (Å²) in [4.78, 5) is 40.7. The van der Waals surface area contributed by atoms with E-state index in [4.69, 9.17) is 0 Å². The van der Waals surface area contributed by atoms with Crippen LogP contribution in [0.2, 0.25) is 0 Å². The van der Waals surface area contributed by atoms with Crippen molar-refractivity contribution in [1.29, 1.82) is 0 Å². The number of hydrogen-bond donors (Lipinski definition) is 1. The molecule has 150 valence electrons. The fraction of sp³-hybridized carbons (Fsp3) is 0.350. The summed E-state index contributed by atoms with van der Waals surface area (Å²) < 4.78 is 13.9. The van der Waals surface area contributed by atoms with Crippen molar-refractivity contribution in [2.75, 3.05) is 26.2 Å². The molecule has 0 atom stereocenters. The minimum absolute atomic E-state index is 0.0454. The van der Waals surface area contributed by atoms with Gasteiger partial charge in [-0.3, -0.25) is 4.79 Å². The zero-order valence-electron chi connectivity index (χ0n) is 15.7. The molecular weight excluding hydrogens is 377 g/mol. The Hall–Kier alpha value is -3.36. The van der Waals surface area contributed by atoms with E-state index in [1.54, 1.807) is 35.5 Å². The molecule has 1 aliphatic heterocycles. The minimum atomic E-state index is -1.12. The molecule has 1 aromatic heterocycles. The Bertz CT molecular complexity index is 954. The van der Waals surface area contributed by atoms with E-state index >= 15 is 0 Å². The molecule has 9 heteroatoms. The van der Waals surface area contributed by atoms with Gasteiger partial charge in [-0.15, -0.1) is 0 Å². The lowest BCUT2D eigenvalue weighted by Crippen LogP contribution is -2.51. The second kappa shape index (κ2) is 7.57. The Morgan fingerprint density at radius 3 is 2.21 bits per heavy atom. The smallest absolute Gasteiger partial charge is 0.331 e. The van der Waals surface area contributed by atoms with Crippen LogP contribution >= 0.6 is 0 Å². The lowest BCUT2D eigenvalue weighted by atomic mass is 10.1. The van der Waals surface area contributed by atoms with Crippen LogP contribution in [0.15, 0.2) is 47.7 Å². The number of carboxylic acid groups (broad SMARTS) is 1. The third-order valence-corrected chi connectivity index (χ3v) is 5.18. The molecule has 2 aromatic rings. The van der Waals surface area contributed by atoms with E-state index in [1.807, 2.05) is 4.90 Å². The number of halogens is 1. The zero-order chi connectivity index (χ0) is 20.4. The van der Waals surface area contributed by atoms with Gasteiger partial charge in [0.25, 0.3) is 5.91 Å². The highest BCUT2D eigenvalue weighted by Gasteiger charge is 2.51. The average Bonchev–Trinajstić information content (AvgIpc) is 3.54. The molecular formula is C20H20FN5O3. The van der Waals surface area contributed by atoms with Crippen molar-refractivity contribution in [3.8, 4) is 0 Å². The number of hydrogen-bond acceptors (Lipinski definition) is 5. The van der Waals surface area contributed by atoms with Gasteiger partial charge in [0.15, 0.2) is 17.2 Å². The van der Waals surface area contributed by atoms with Gasteiger partial charge in [-0.25, -0.2) is 24.1 Å². The molecule has 0 spiro atoms. The molecule has 1 saturated carbocycles. The van der Waals surface area contributed by atoms with Crippen LogP contribution in [-0.2, 0) is 4.79 Å². The van der Waals surface area contributed by atoms with Gasteiger partial charge in [0.1, 0.15) is 5.82 Å². The first-order valence-corrected chi connectivity index (χ1v) is 9.39. The van der Waals surface area contributed by atoms with Crippen molar-refractivity contribution >= 4 is 17.7 Å². The molecule has 0 unspecified atom stereocenters. The predicted molar refractivity (Wildman–Crippen MR) is 102 cm³/mol. The van der Waals surface area contributed by atoms with Crippen molar-refractivity contribution in [2.45, 2.75) is 18.4 Å². The van der Waals surface area contributed by atoms with Crippen molar-refractivity contribution < 1.29 is 19.1 Å². The maximum Gasteiger partial charge on any atom is 0.331 e. The molecule has 1 aromatic carbocycles. The van der Waals surface area contributed by atoms with Gasteiger partial charge >= 0.3 is 5.97 Å². The Kier molecular flexibility index (Phi) is 4.96. The van der Waals surface area contributed by atoms with Crippen LogP contribution in [0, 0.1) is 5.82 Å². The van der Waals surface area contributed by atoms with E-state index in [0.29, 0.717) is 50.7 Å². The summed E-state index contributed by atoms with van der Waals surface area (Å²) in [6, 6.07) is 7.59. The van der Waals surface area contributed by atoms with Crippen LogP contribution in [-0.4, -0.2) is 74.3 Å². The number of aliphatic imine (C=N–C) groups is 1. The van der Waals surface area contributed by atoms with E-state index in [9.17, 15) is 19.1 Å². The molecule has 0 bridgehead atoms. The first-order valence-electron chi connectivity index (χ1n) is 9.39. The van der Waals surface area contributed by atoms with E-state index in [0.717, 1.165) is 0 Å². The molecule has 2 aliphatic rings. The van der Waals surface area contributed by atoms with Gasteiger partial charge in [-0.2, -0.15) is 0 Å². The van der Waals surface area contributed by atoms with Crippen LogP contribution < -0.4 is 0 Å². The monoisotopic (exact) mass is 397 g/mol. The lowest BCUT2D eigenvalue weighted by molar-refractivity contribution is -0.139. The Morgan fingerprint density at radius 2 is 1.62 bits per heavy atom. The van der Waals surface area contributed by atoms with Gasteiger partial charge in [-0.05, 0) is 31.0 Å². The van der Waals surface area contributed by atoms with Gasteiger partial charge in [0.2, 0.25) is 0 Å². The number of amidine groups is 1. The van der Waals surface area contributed by atoms with E-state index in [2.05, 4.69) is 15.0 Å². The first-order chi connectivity index (χ1) is 14.0. The first kappa shape index (κ1) is 19.0. The van der Waals surface area contributed by atoms with Gasteiger partial charge < -0.3 is 14.9 Å². The summed E-state index contributed by atoms with van der Waals surface area (Å²) in [6.45, 7) is 1.57. The lowest BCUT2D eigenvalue weighted by Gasteiger charge is -2.36. The normalized spacial score (nSPS) is 18.4. The number of nitrogens with zero attached hydrogens (tertiary/aromatic N) is 5. The summed E-state index contributed by atoms with van der Waals surface area (Å²) in [5.41, 5.74) is -1.07. The summed E-state index contributed by atoms with van der Waals surface area (Å²) in [5, 5.41) is 9.51. The van der Waals surface area contributed by atoms with Gasteiger partial charge in [-0.1, -0.05) is 12.1 Å². The molecule has 1 aliphatic carbocycles. The number of carbonyl (C=O) groups excluding carboxylic acids is 1. The highest BCUT2D eigenvalue weighted by atomic mass is 19.1. The fourth-order valence-electron chi connectivity index (χ4n) is 3.30. The average molecular weight is 397 g/mol. The number of piperazine rings is 1. The molecule has 29 heavy (non-hydrogen) atoms. The maximum atomic E-state index is 13.9. The third-order valence-electron chi connectivity index (χ3n) is 5.18. The topological polar surface area (TPSA) is 99.0 Å². The van der Waals surface area contributed by atoms with E-state index in [1.165, 1.54) is 12.1 Å². The Balaban J connectivity index is 1.53. The number of aromatic nitrogens is 2. The van der Waals surface area contributed by atoms with Gasteiger partial charge in [0, 0.05) is 38.6 Å². The summed E-state index contributed by atoms with van der Waals surface area (Å²) >= 11 is 0. The van der Waals surface area contributed by atoms with Crippen molar-refractivity contribution in [3.63, 3.8) is 0 Å². The Morgan fingerprint density at radius 1 is 1.00 bits per heavy atom. The van der Waals surface area contributed by atoms with Crippen molar-refractivity contribution in [1.82, 2.24) is 19.8 Å². The van der Waals surface area contributed by atoms with Crippen LogP contribution in [0.3, 0.4) is 0 Å². The standard InChI is InChI=1S/C20H20FN5O3/c21-15-5-2-1-4-14(15)18(27)26-12-10-25(11-13-26)17(16-22-8-3-9-23-16)24-20(6-7-20)19(28)29/h1-5,8-9H,6-7,10-13H2,(H,28,29)/b24-17+. The second-order valence-electron chi connectivity index (χ2n) is 7.10. The molecule has 1 N–H and O–H groups in total. The fourth-order valence-corrected chi connectivity index (χ4v) is 3.30. The molecule has 1 amide bonds. The van der Waals surface area contributed by atoms with Crippen LogP contribution in [0.5, 0.6) is 0 Å². The molecule has 2 heterocycles.